The standard InChI is InChI=1S/C18H21N3O4S/c1-13(22)19-12-11-15-3-9-18(10-4-15)26(24,25)21-17-7-5-16(6-8-17)20-14(2)23/h3-10,21H,11-12H2,1-2H3,(H,19,22)(H,20,23). The number of amides is 2. The lowest BCUT2D eigenvalue weighted by molar-refractivity contribution is -0.119. The summed E-state index contributed by atoms with van der Waals surface area (Å²) in [6.45, 7) is 3.35. The molecule has 2 aromatic rings. The van der Waals surface area contributed by atoms with Crippen LogP contribution < -0.4 is 15.4 Å². The van der Waals surface area contributed by atoms with E-state index in [4.69, 9.17) is 0 Å². The molecule has 0 fully saturated rings. The van der Waals surface area contributed by atoms with E-state index in [1.807, 2.05) is 0 Å². The van der Waals surface area contributed by atoms with Crippen molar-refractivity contribution in [3.8, 4) is 0 Å². The molecule has 2 rings (SSSR count). The average molecular weight is 375 g/mol. The van der Waals surface area contributed by atoms with Gasteiger partial charge in [-0.05, 0) is 48.4 Å². The summed E-state index contributed by atoms with van der Waals surface area (Å²) in [5.41, 5.74) is 1.91. The van der Waals surface area contributed by atoms with Crippen molar-refractivity contribution in [2.75, 3.05) is 16.6 Å². The van der Waals surface area contributed by atoms with Crippen LogP contribution in [0.2, 0.25) is 0 Å². The monoisotopic (exact) mass is 375 g/mol. The van der Waals surface area contributed by atoms with Crippen molar-refractivity contribution in [3.63, 3.8) is 0 Å². The molecule has 0 atom stereocenters. The molecular formula is C18H21N3O4S. The third-order valence-corrected chi connectivity index (χ3v) is 4.88. The van der Waals surface area contributed by atoms with E-state index in [2.05, 4.69) is 15.4 Å². The second-order valence-corrected chi connectivity index (χ2v) is 7.42. The molecule has 0 aromatic heterocycles. The Kier molecular flexibility index (Phi) is 6.35. The normalized spacial score (nSPS) is 10.8. The van der Waals surface area contributed by atoms with Gasteiger partial charge in [0.05, 0.1) is 4.90 Å². The maximum absolute atomic E-state index is 12.4. The van der Waals surface area contributed by atoms with Gasteiger partial charge in [-0.25, -0.2) is 8.42 Å². The summed E-state index contributed by atoms with van der Waals surface area (Å²) >= 11 is 0. The fourth-order valence-corrected chi connectivity index (χ4v) is 3.32. The van der Waals surface area contributed by atoms with Gasteiger partial charge in [0.15, 0.2) is 0 Å². The quantitative estimate of drug-likeness (QED) is 0.689. The first kappa shape index (κ1) is 19.5. The Balaban J connectivity index is 2.02. The zero-order valence-electron chi connectivity index (χ0n) is 14.6. The number of hydrogen-bond donors (Lipinski definition) is 3. The number of benzene rings is 2. The predicted molar refractivity (Wildman–Crippen MR) is 100 cm³/mol. The molecule has 7 nitrogen and oxygen atoms in total. The van der Waals surface area contributed by atoms with Crippen molar-refractivity contribution in [3.05, 3.63) is 54.1 Å². The molecule has 0 aliphatic carbocycles. The summed E-state index contributed by atoms with van der Waals surface area (Å²) in [5.74, 6) is -0.296. The van der Waals surface area contributed by atoms with Gasteiger partial charge >= 0.3 is 0 Å². The van der Waals surface area contributed by atoms with Gasteiger partial charge in [0, 0.05) is 31.8 Å². The number of nitrogens with one attached hydrogen (secondary N) is 3. The second kappa shape index (κ2) is 8.48. The van der Waals surface area contributed by atoms with Crippen LogP contribution in [0.15, 0.2) is 53.4 Å². The Morgan fingerprint density at radius 1 is 0.846 bits per heavy atom. The molecule has 2 aromatic carbocycles. The lowest BCUT2D eigenvalue weighted by Crippen LogP contribution is -2.22. The first-order valence-electron chi connectivity index (χ1n) is 8.00. The molecule has 0 aliphatic rings. The van der Waals surface area contributed by atoms with Crippen molar-refractivity contribution >= 4 is 33.2 Å². The van der Waals surface area contributed by atoms with E-state index < -0.39 is 10.0 Å². The largest absolute Gasteiger partial charge is 0.356 e. The summed E-state index contributed by atoms with van der Waals surface area (Å²) in [5, 5.41) is 5.31. The SMILES string of the molecule is CC(=O)NCCc1ccc(S(=O)(=O)Nc2ccc(NC(C)=O)cc2)cc1. The van der Waals surface area contributed by atoms with Crippen LogP contribution in [0.1, 0.15) is 19.4 Å². The van der Waals surface area contributed by atoms with Gasteiger partial charge < -0.3 is 10.6 Å². The fourth-order valence-electron chi connectivity index (χ4n) is 2.26. The van der Waals surface area contributed by atoms with Gasteiger partial charge in [-0.2, -0.15) is 0 Å². The second-order valence-electron chi connectivity index (χ2n) is 5.74. The molecule has 0 heterocycles. The minimum absolute atomic E-state index is 0.0991. The van der Waals surface area contributed by atoms with E-state index in [0.717, 1.165) is 5.56 Å². The molecule has 0 unspecified atom stereocenters. The van der Waals surface area contributed by atoms with Crippen LogP contribution in [0.5, 0.6) is 0 Å². The average Bonchev–Trinajstić information content (AvgIpc) is 2.56. The highest BCUT2D eigenvalue weighted by Crippen LogP contribution is 2.19. The zero-order valence-corrected chi connectivity index (χ0v) is 15.4. The Labute approximate surface area is 152 Å². The Bertz CT molecular complexity index is 876. The first-order chi connectivity index (χ1) is 12.3. The Morgan fingerprint density at radius 3 is 1.96 bits per heavy atom. The van der Waals surface area contributed by atoms with Gasteiger partial charge in [0.1, 0.15) is 0 Å². The summed E-state index contributed by atoms with van der Waals surface area (Å²) < 4.78 is 27.4. The molecule has 0 saturated carbocycles. The Hall–Kier alpha value is -2.87. The van der Waals surface area contributed by atoms with Crippen LogP contribution in [0.25, 0.3) is 0 Å². The highest BCUT2D eigenvalue weighted by molar-refractivity contribution is 7.92. The number of carbonyl (C=O) groups is 2. The molecule has 26 heavy (non-hydrogen) atoms. The molecule has 3 N–H and O–H groups in total. The zero-order chi connectivity index (χ0) is 19.2. The molecular weight excluding hydrogens is 354 g/mol. The van der Waals surface area contributed by atoms with Crippen LogP contribution in [-0.2, 0) is 26.0 Å². The lowest BCUT2D eigenvalue weighted by atomic mass is 10.1. The van der Waals surface area contributed by atoms with Gasteiger partial charge in [-0.3, -0.25) is 14.3 Å². The van der Waals surface area contributed by atoms with Crippen molar-refractivity contribution in [1.82, 2.24) is 5.32 Å². The summed E-state index contributed by atoms with van der Waals surface area (Å²) in [4.78, 5) is 22.0. The minimum Gasteiger partial charge on any atom is -0.356 e. The van der Waals surface area contributed by atoms with E-state index in [-0.39, 0.29) is 16.7 Å². The Morgan fingerprint density at radius 2 is 1.42 bits per heavy atom. The number of rotatable bonds is 7. The molecule has 0 spiro atoms. The third kappa shape index (κ3) is 5.89. The number of carbonyl (C=O) groups excluding carboxylic acids is 2. The van der Waals surface area contributed by atoms with E-state index in [0.29, 0.717) is 24.3 Å². The first-order valence-corrected chi connectivity index (χ1v) is 9.48. The number of hydrogen-bond acceptors (Lipinski definition) is 4. The van der Waals surface area contributed by atoms with Gasteiger partial charge in [-0.1, -0.05) is 12.1 Å². The smallest absolute Gasteiger partial charge is 0.261 e. The summed E-state index contributed by atoms with van der Waals surface area (Å²) in [6.07, 6.45) is 0.623. The van der Waals surface area contributed by atoms with Crippen LogP contribution >= 0.6 is 0 Å². The van der Waals surface area contributed by atoms with Gasteiger partial charge in [-0.15, -0.1) is 0 Å². The fraction of sp³-hybridized carbons (Fsp3) is 0.222. The number of sulfonamides is 1. The van der Waals surface area contributed by atoms with E-state index in [1.54, 1.807) is 36.4 Å². The van der Waals surface area contributed by atoms with Crippen LogP contribution in [-0.4, -0.2) is 26.8 Å². The highest BCUT2D eigenvalue weighted by atomic mass is 32.2. The molecule has 8 heteroatoms. The maximum atomic E-state index is 12.4. The van der Waals surface area contributed by atoms with Crippen molar-refractivity contribution in [1.29, 1.82) is 0 Å². The van der Waals surface area contributed by atoms with Crippen LogP contribution in [0.3, 0.4) is 0 Å². The van der Waals surface area contributed by atoms with E-state index in [9.17, 15) is 18.0 Å². The molecule has 0 saturated heterocycles. The molecule has 0 radical (unpaired) electrons. The van der Waals surface area contributed by atoms with Crippen molar-refractivity contribution in [2.24, 2.45) is 0 Å². The third-order valence-electron chi connectivity index (χ3n) is 3.48. The number of anilines is 2. The topological polar surface area (TPSA) is 104 Å². The minimum atomic E-state index is -3.71. The summed E-state index contributed by atoms with van der Waals surface area (Å²) in [7, 11) is -3.71. The lowest BCUT2D eigenvalue weighted by Gasteiger charge is -2.10. The predicted octanol–water partition coefficient (Wildman–Crippen LogP) is 2.12. The van der Waals surface area contributed by atoms with Crippen molar-refractivity contribution in [2.45, 2.75) is 25.2 Å². The highest BCUT2D eigenvalue weighted by Gasteiger charge is 2.14. The van der Waals surface area contributed by atoms with Crippen LogP contribution in [0.4, 0.5) is 11.4 Å². The van der Waals surface area contributed by atoms with E-state index in [1.165, 1.54) is 26.0 Å². The molecule has 0 aliphatic heterocycles. The summed E-state index contributed by atoms with van der Waals surface area (Å²) in [6, 6.07) is 12.9. The van der Waals surface area contributed by atoms with Gasteiger partial charge in [0.2, 0.25) is 11.8 Å². The van der Waals surface area contributed by atoms with Gasteiger partial charge in [0.25, 0.3) is 10.0 Å². The maximum Gasteiger partial charge on any atom is 0.261 e. The van der Waals surface area contributed by atoms with Crippen LogP contribution in [0, 0.1) is 0 Å². The molecule has 2 amide bonds. The van der Waals surface area contributed by atoms with E-state index >= 15 is 0 Å². The molecule has 0 bridgehead atoms. The van der Waals surface area contributed by atoms with Crippen molar-refractivity contribution < 1.29 is 18.0 Å². The molecule has 138 valence electrons.